The zero-order valence-corrected chi connectivity index (χ0v) is 23.2. The topological polar surface area (TPSA) is 123 Å². The van der Waals surface area contributed by atoms with Gasteiger partial charge in [-0.05, 0) is 47.6 Å². The summed E-state index contributed by atoms with van der Waals surface area (Å²) in [6.45, 7) is 2.24. The highest BCUT2D eigenvalue weighted by atomic mass is 16.5. The Bertz CT molecular complexity index is 1280. The first-order valence-corrected chi connectivity index (χ1v) is 13.7. The molecule has 9 nitrogen and oxygen atoms in total. The largest absolute Gasteiger partial charge is 0.480 e. The van der Waals surface area contributed by atoms with Crippen LogP contribution in [0.15, 0.2) is 78.9 Å². The number of hydrogen-bond donors (Lipinski definition) is 3. The summed E-state index contributed by atoms with van der Waals surface area (Å²) in [5.74, 6) is -2.01. The summed E-state index contributed by atoms with van der Waals surface area (Å²) in [5, 5.41) is 15.0. The summed E-state index contributed by atoms with van der Waals surface area (Å²) in [6, 6.07) is 23.0. The number of amides is 2. The first-order valence-electron chi connectivity index (χ1n) is 13.7. The van der Waals surface area contributed by atoms with Crippen molar-refractivity contribution >= 4 is 18.0 Å². The predicted octanol–water partition coefficient (Wildman–Crippen LogP) is 4.50. The Morgan fingerprint density at radius 2 is 1.49 bits per heavy atom. The Morgan fingerprint density at radius 3 is 2.10 bits per heavy atom. The molecule has 2 amide bonds. The van der Waals surface area contributed by atoms with Crippen molar-refractivity contribution in [3.8, 4) is 11.1 Å². The molecule has 3 N–H and O–H groups in total. The molecule has 0 saturated carbocycles. The molecule has 41 heavy (non-hydrogen) atoms. The van der Waals surface area contributed by atoms with Gasteiger partial charge in [-0.2, -0.15) is 0 Å². The van der Waals surface area contributed by atoms with E-state index in [1.165, 1.54) is 0 Å². The summed E-state index contributed by atoms with van der Waals surface area (Å²) >= 11 is 0. The fourth-order valence-corrected chi connectivity index (χ4v) is 5.01. The lowest BCUT2D eigenvalue weighted by molar-refractivity contribution is -0.146. The van der Waals surface area contributed by atoms with E-state index in [4.69, 9.17) is 14.2 Å². The van der Waals surface area contributed by atoms with Crippen LogP contribution in [0, 0.1) is 0 Å². The van der Waals surface area contributed by atoms with Crippen LogP contribution in [0.5, 0.6) is 0 Å². The van der Waals surface area contributed by atoms with Crippen LogP contribution in [-0.2, 0) is 30.4 Å². The normalized spacial score (nSPS) is 14.3. The van der Waals surface area contributed by atoms with E-state index in [9.17, 15) is 19.5 Å². The highest BCUT2D eigenvalue weighted by molar-refractivity contribution is 5.89. The van der Waals surface area contributed by atoms with Crippen molar-refractivity contribution in [3.05, 3.63) is 95.6 Å². The molecule has 9 heteroatoms. The van der Waals surface area contributed by atoms with E-state index >= 15 is 0 Å². The summed E-state index contributed by atoms with van der Waals surface area (Å²) in [7, 11) is 1.54. The predicted molar refractivity (Wildman–Crippen MR) is 153 cm³/mol. The van der Waals surface area contributed by atoms with Gasteiger partial charge in [0.05, 0.1) is 12.7 Å². The second-order valence-electron chi connectivity index (χ2n) is 9.98. The Labute approximate surface area is 239 Å². The van der Waals surface area contributed by atoms with Gasteiger partial charge in [-0.25, -0.2) is 9.59 Å². The highest BCUT2D eigenvalue weighted by Gasteiger charge is 2.32. The summed E-state index contributed by atoms with van der Waals surface area (Å²) in [6.07, 6.45) is -0.888. The third-order valence-corrected chi connectivity index (χ3v) is 7.18. The molecule has 3 atom stereocenters. The average molecular weight is 561 g/mol. The summed E-state index contributed by atoms with van der Waals surface area (Å²) in [4.78, 5) is 38.1. The molecule has 0 saturated heterocycles. The van der Waals surface area contributed by atoms with Crippen molar-refractivity contribution in [3.63, 3.8) is 0 Å². The molecule has 1 aliphatic rings. The SMILES string of the molecule is COCCCC(NC(=O)OCC1c2ccccc2-c2ccccc21)C(=O)NC(C(=O)O)C(C)OCc1ccccc1. The highest BCUT2D eigenvalue weighted by Crippen LogP contribution is 2.44. The summed E-state index contributed by atoms with van der Waals surface area (Å²) < 4.78 is 16.4. The number of aliphatic carboxylic acids is 1. The van der Waals surface area contributed by atoms with E-state index in [1.807, 2.05) is 78.9 Å². The van der Waals surface area contributed by atoms with E-state index in [0.717, 1.165) is 27.8 Å². The van der Waals surface area contributed by atoms with Crippen molar-refractivity contribution < 1.29 is 33.7 Å². The average Bonchev–Trinajstić information content (AvgIpc) is 3.31. The van der Waals surface area contributed by atoms with E-state index in [-0.39, 0.29) is 25.6 Å². The lowest BCUT2D eigenvalue weighted by Gasteiger charge is -2.25. The molecule has 1 aliphatic carbocycles. The molecule has 0 aliphatic heterocycles. The van der Waals surface area contributed by atoms with Crippen LogP contribution < -0.4 is 10.6 Å². The Hall–Kier alpha value is -4.21. The van der Waals surface area contributed by atoms with Gasteiger partial charge in [-0.3, -0.25) is 4.79 Å². The third kappa shape index (κ3) is 7.71. The van der Waals surface area contributed by atoms with Gasteiger partial charge in [-0.1, -0.05) is 78.9 Å². The van der Waals surface area contributed by atoms with Crippen molar-refractivity contribution in [2.75, 3.05) is 20.3 Å². The van der Waals surface area contributed by atoms with Gasteiger partial charge in [0.15, 0.2) is 6.04 Å². The van der Waals surface area contributed by atoms with Crippen LogP contribution in [0.25, 0.3) is 11.1 Å². The molecule has 4 rings (SSSR count). The van der Waals surface area contributed by atoms with Crippen LogP contribution in [0.4, 0.5) is 4.79 Å². The number of benzene rings is 3. The van der Waals surface area contributed by atoms with Crippen molar-refractivity contribution in [2.24, 2.45) is 0 Å². The second kappa shape index (κ2) is 14.4. The molecule has 0 spiro atoms. The molecule has 0 radical (unpaired) electrons. The summed E-state index contributed by atoms with van der Waals surface area (Å²) in [5.41, 5.74) is 5.24. The number of alkyl carbamates (subject to hydrolysis) is 1. The molecular weight excluding hydrogens is 524 g/mol. The quantitative estimate of drug-likeness (QED) is 0.248. The molecule has 3 aromatic rings. The molecule has 0 bridgehead atoms. The van der Waals surface area contributed by atoms with E-state index in [2.05, 4.69) is 10.6 Å². The number of nitrogens with one attached hydrogen (secondary N) is 2. The maximum absolute atomic E-state index is 13.2. The van der Waals surface area contributed by atoms with Gasteiger partial charge in [0.1, 0.15) is 12.6 Å². The number of rotatable bonds is 14. The fourth-order valence-electron chi connectivity index (χ4n) is 5.01. The van der Waals surface area contributed by atoms with Gasteiger partial charge < -0.3 is 30.0 Å². The molecule has 0 heterocycles. The minimum atomic E-state index is -1.32. The lowest BCUT2D eigenvalue weighted by Crippen LogP contribution is -2.55. The maximum atomic E-state index is 13.2. The molecule has 3 aromatic carbocycles. The van der Waals surface area contributed by atoms with Crippen molar-refractivity contribution in [1.82, 2.24) is 10.6 Å². The number of fused-ring (bicyclic) bond motifs is 3. The minimum Gasteiger partial charge on any atom is -0.480 e. The van der Waals surface area contributed by atoms with E-state index < -0.39 is 36.2 Å². The Kier molecular flexibility index (Phi) is 10.5. The monoisotopic (exact) mass is 560 g/mol. The number of carboxylic acids is 1. The van der Waals surface area contributed by atoms with Crippen molar-refractivity contribution in [2.45, 2.75) is 50.5 Å². The zero-order valence-electron chi connectivity index (χ0n) is 23.2. The minimum absolute atomic E-state index is 0.0916. The van der Waals surface area contributed by atoms with Crippen LogP contribution >= 0.6 is 0 Å². The number of hydrogen-bond acceptors (Lipinski definition) is 6. The van der Waals surface area contributed by atoms with Gasteiger partial charge in [-0.15, -0.1) is 0 Å². The number of carbonyl (C=O) groups is 3. The molecule has 0 aromatic heterocycles. The number of methoxy groups -OCH3 is 1. The molecular formula is C32H36N2O7. The van der Waals surface area contributed by atoms with Crippen LogP contribution in [-0.4, -0.2) is 61.6 Å². The molecule has 3 unspecified atom stereocenters. The first kappa shape index (κ1) is 29.8. The number of carbonyl (C=O) groups excluding carboxylic acids is 2. The Balaban J connectivity index is 1.38. The van der Waals surface area contributed by atoms with Crippen molar-refractivity contribution in [1.29, 1.82) is 0 Å². The molecule has 0 fully saturated rings. The van der Waals surface area contributed by atoms with Crippen LogP contribution in [0.1, 0.15) is 42.4 Å². The smallest absolute Gasteiger partial charge is 0.407 e. The fraction of sp³-hybridized carbons (Fsp3) is 0.344. The Morgan fingerprint density at radius 1 is 0.878 bits per heavy atom. The van der Waals surface area contributed by atoms with E-state index in [0.29, 0.717) is 13.0 Å². The van der Waals surface area contributed by atoms with Crippen LogP contribution in [0.3, 0.4) is 0 Å². The zero-order chi connectivity index (χ0) is 29.2. The first-order chi connectivity index (χ1) is 19.9. The number of carboxylic acid groups (broad SMARTS) is 1. The van der Waals surface area contributed by atoms with Gasteiger partial charge in [0.2, 0.25) is 5.91 Å². The van der Waals surface area contributed by atoms with E-state index in [1.54, 1.807) is 14.0 Å². The van der Waals surface area contributed by atoms with Crippen LogP contribution in [0.2, 0.25) is 0 Å². The van der Waals surface area contributed by atoms with Gasteiger partial charge in [0.25, 0.3) is 0 Å². The standard InChI is InChI=1S/C32H36N2O7/c1-21(40-19-22-11-4-3-5-12-22)29(31(36)37)34-30(35)28(17-10-18-39-2)33-32(38)41-20-27-25-15-8-6-13-23(25)24-14-7-9-16-26(24)27/h3-9,11-16,21,27-29H,10,17-20H2,1-2H3,(H,33,38)(H,34,35)(H,36,37). The lowest BCUT2D eigenvalue weighted by atomic mass is 9.98. The second-order valence-corrected chi connectivity index (χ2v) is 9.98. The van der Waals surface area contributed by atoms with Gasteiger partial charge >= 0.3 is 12.1 Å². The number of ether oxygens (including phenoxy) is 3. The van der Waals surface area contributed by atoms with Gasteiger partial charge in [0, 0.05) is 19.6 Å². The maximum Gasteiger partial charge on any atom is 0.407 e. The molecule has 216 valence electrons. The third-order valence-electron chi connectivity index (χ3n) is 7.18.